The van der Waals surface area contributed by atoms with Crippen LogP contribution in [0.4, 0.5) is 5.00 Å². The summed E-state index contributed by atoms with van der Waals surface area (Å²) < 4.78 is 5.06. The molecule has 0 aromatic carbocycles. The number of hydrogen-bond donors (Lipinski definition) is 1. The number of thiophene rings is 1. The Bertz CT molecular complexity index is 405. The van der Waals surface area contributed by atoms with Crippen LogP contribution in [-0.4, -0.2) is 64.3 Å². The third-order valence-corrected chi connectivity index (χ3v) is 4.35. The van der Waals surface area contributed by atoms with E-state index in [1.54, 1.807) is 7.11 Å². The van der Waals surface area contributed by atoms with E-state index in [-0.39, 0.29) is 24.0 Å². The van der Waals surface area contributed by atoms with Gasteiger partial charge in [-0.3, -0.25) is 4.99 Å². The monoisotopic (exact) mass is 424 g/mol. The molecular formula is C14H25IN4OS. The molecule has 1 aliphatic rings. The fraction of sp³-hybridized carbons (Fsp3) is 0.643. The predicted octanol–water partition coefficient (Wildman–Crippen LogP) is 2.10. The quantitative estimate of drug-likeness (QED) is 0.340. The maximum atomic E-state index is 5.06. The van der Waals surface area contributed by atoms with Crippen molar-refractivity contribution in [1.82, 2.24) is 10.2 Å². The van der Waals surface area contributed by atoms with Crippen molar-refractivity contribution in [2.24, 2.45) is 4.99 Å². The largest absolute Gasteiger partial charge is 0.385 e. The Kier molecular flexibility index (Phi) is 9.02. The fourth-order valence-electron chi connectivity index (χ4n) is 2.34. The van der Waals surface area contributed by atoms with Crippen molar-refractivity contribution in [2.45, 2.75) is 6.42 Å². The zero-order valence-corrected chi connectivity index (χ0v) is 15.9. The molecule has 1 fully saturated rings. The molecule has 0 spiro atoms. The molecule has 120 valence electrons. The van der Waals surface area contributed by atoms with Crippen LogP contribution in [0.25, 0.3) is 0 Å². The standard InChI is InChI=1S/C14H24N4OS.HI/c1-15-14(16-6-4-11-19-2)18-9-7-17(8-10-18)13-5-3-12-20-13;/h3,5,12H,4,6-11H2,1-2H3,(H,15,16);1H. The highest BCUT2D eigenvalue weighted by Gasteiger charge is 2.19. The van der Waals surface area contributed by atoms with Crippen molar-refractivity contribution in [2.75, 3.05) is 58.4 Å². The zero-order chi connectivity index (χ0) is 14.2. The Morgan fingerprint density at radius 2 is 2.14 bits per heavy atom. The van der Waals surface area contributed by atoms with Crippen LogP contribution in [0.5, 0.6) is 0 Å². The van der Waals surface area contributed by atoms with Gasteiger partial charge in [-0.1, -0.05) is 0 Å². The lowest BCUT2D eigenvalue weighted by molar-refractivity contribution is 0.195. The first-order valence-electron chi connectivity index (χ1n) is 7.08. The minimum absolute atomic E-state index is 0. The average molecular weight is 424 g/mol. The minimum Gasteiger partial charge on any atom is -0.385 e. The van der Waals surface area contributed by atoms with E-state index >= 15 is 0 Å². The number of nitrogens with zero attached hydrogens (tertiary/aromatic N) is 3. The molecule has 2 rings (SSSR count). The molecule has 7 heteroatoms. The third-order valence-electron chi connectivity index (χ3n) is 3.42. The minimum atomic E-state index is 0. The molecule has 1 saturated heterocycles. The van der Waals surface area contributed by atoms with Crippen LogP contribution in [0.15, 0.2) is 22.5 Å². The second-order valence-electron chi connectivity index (χ2n) is 4.75. The number of methoxy groups -OCH3 is 1. The number of nitrogens with one attached hydrogen (secondary N) is 1. The van der Waals surface area contributed by atoms with E-state index in [1.165, 1.54) is 5.00 Å². The number of piperazine rings is 1. The summed E-state index contributed by atoms with van der Waals surface area (Å²) >= 11 is 1.81. The van der Waals surface area contributed by atoms with Crippen molar-refractivity contribution in [3.05, 3.63) is 17.5 Å². The van der Waals surface area contributed by atoms with E-state index in [0.29, 0.717) is 0 Å². The molecule has 0 unspecified atom stereocenters. The predicted molar refractivity (Wildman–Crippen MR) is 101 cm³/mol. The Hall–Kier alpha value is -0.540. The van der Waals surface area contributed by atoms with E-state index in [9.17, 15) is 0 Å². The smallest absolute Gasteiger partial charge is 0.193 e. The van der Waals surface area contributed by atoms with Crippen molar-refractivity contribution in [1.29, 1.82) is 0 Å². The molecule has 2 heterocycles. The molecule has 0 atom stereocenters. The first-order valence-corrected chi connectivity index (χ1v) is 7.96. The highest BCUT2D eigenvalue weighted by Crippen LogP contribution is 2.22. The van der Waals surface area contributed by atoms with Crippen molar-refractivity contribution in [3.63, 3.8) is 0 Å². The number of rotatable bonds is 5. The van der Waals surface area contributed by atoms with Gasteiger partial charge >= 0.3 is 0 Å². The molecule has 1 aromatic rings. The van der Waals surface area contributed by atoms with Crippen LogP contribution in [0.2, 0.25) is 0 Å². The second kappa shape index (κ2) is 10.2. The Balaban J connectivity index is 0.00000220. The summed E-state index contributed by atoms with van der Waals surface area (Å²) in [4.78, 5) is 9.15. The highest BCUT2D eigenvalue weighted by molar-refractivity contribution is 14.0. The van der Waals surface area contributed by atoms with Crippen LogP contribution in [0.1, 0.15) is 6.42 Å². The van der Waals surface area contributed by atoms with Gasteiger partial charge in [-0.2, -0.15) is 0 Å². The summed E-state index contributed by atoms with van der Waals surface area (Å²) in [5.41, 5.74) is 0. The Morgan fingerprint density at radius 1 is 1.38 bits per heavy atom. The molecular weight excluding hydrogens is 399 g/mol. The maximum Gasteiger partial charge on any atom is 0.193 e. The van der Waals surface area contributed by atoms with E-state index < -0.39 is 0 Å². The second-order valence-corrected chi connectivity index (χ2v) is 5.67. The molecule has 5 nitrogen and oxygen atoms in total. The zero-order valence-electron chi connectivity index (χ0n) is 12.7. The number of guanidine groups is 1. The highest BCUT2D eigenvalue weighted by atomic mass is 127. The van der Waals surface area contributed by atoms with Crippen LogP contribution in [0.3, 0.4) is 0 Å². The Labute approximate surface area is 148 Å². The van der Waals surface area contributed by atoms with Gasteiger partial charge in [-0.15, -0.1) is 35.3 Å². The number of ether oxygens (including phenoxy) is 1. The first kappa shape index (κ1) is 18.5. The van der Waals surface area contributed by atoms with Crippen molar-refractivity contribution < 1.29 is 4.74 Å². The van der Waals surface area contributed by atoms with Crippen molar-refractivity contribution in [3.8, 4) is 0 Å². The van der Waals surface area contributed by atoms with Gasteiger partial charge in [0.25, 0.3) is 0 Å². The molecule has 1 aromatic heterocycles. The summed E-state index contributed by atoms with van der Waals surface area (Å²) in [6.07, 6.45) is 1.00. The lowest BCUT2D eigenvalue weighted by Crippen LogP contribution is -2.52. The van der Waals surface area contributed by atoms with E-state index in [4.69, 9.17) is 4.74 Å². The van der Waals surface area contributed by atoms with Gasteiger partial charge in [0.15, 0.2) is 5.96 Å². The summed E-state index contributed by atoms with van der Waals surface area (Å²) in [6.45, 7) is 5.84. The summed E-state index contributed by atoms with van der Waals surface area (Å²) in [5, 5.41) is 6.91. The molecule has 1 aliphatic heterocycles. The Morgan fingerprint density at radius 3 is 2.71 bits per heavy atom. The molecule has 1 N–H and O–H groups in total. The summed E-state index contributed by atoms with van der Waals surface area (Å²) in [7, 11) is 3.59. The number of hydrogen-bond acceptors (Lipinski definition) is 4. The lowest BCUT2D eigenvalue weighted by atomic mass is 10.3. The van der Waals surface area contributed by atoms with Gasteiger partial charge in [0.05, 0.1) is 5.00 Å². The first-order chi connectivity index (χ1) is 9.85. The SMILES string of the molecule is CN=C(NCCCOC)N1CCN(c2cccs2)CC1.I. The maximum absolute atomic E-state index is 5.06. The van der Waals surface area contributed by atoms with Crippen LogP contribution >= 0.6 is 35.3 Å². The average Bonchev–Trinajstić information content (AvgIpc) is 3.02. The van der Waals surface area contributed by atoms with Crippen LogP contribution in [0, 0.1) is 0 Å². The molecule has 0 radical (unpaired) electrons. The third kappa shape index (κ3) is 5.63. The van der Waals surface area contributed by atoms with E-state index in [1.807, 2.05) is 18.4 Å². The lowest BCUT2D eigenvalue weighted by Gasteiger charge is -2.37. The van der Waals surface area contributed by atoms with E-state index in [0.717, 1.165) is 51.7 Å². The van der Waals surface area contributed by atoms with Gasteiger partial charge in [0, 0.05) is 53.5 Å². The van der Waals surface area contributed by atoms with Gasteiger partial charge in [-0.25, -0.2) is 0 Å². The fourth-order valence-corrected chi connectivity index (χ4v) is 3.12. The van der Waals surface area contributed by atoms with Gasteiger partial charge in [0.1, 0.15) is 0 Å². The molecule has 0 aliphatic carbocycles. The summed E-state index contributed by atoms with van der Waals surface area (Å²) in [5.74, 6) is 1.01. The van der Waals surface area contributed by atoms with Crippen molar-refractivity contribution >= 4 is 46.3 Å². The van der Waals surface area contributed by atoms with E-state index in [2.05, 4.69) is 37.6 Å². The van der Waals surface area contributed by atoms with Gasteiger partial charge < -0.3 is 19.9 Å². The number of anilines is 1. The van der Waals surface area contributed by atoms with Crippen LogP contribution in [-0.2, 0) is 4.74 Å². The summed E-state index contributed by atoms with van der Waals surface area (Å²) in [6, 6.07) is 4.31. The molecule has 21 heavy (non-hydrogen) atoms. The van der Waals surface area contributed by atoms with Crippen LogP contribution < -0.4 is 10.2 Å². The topological polar surface area (TPSA) is 40.1 Å². The molecule has 0 bridgehead atoms. The normalized spacial score (nSPS) is 15.8. The van der Waals surface area contributed by atoms with Gasteiger partial charge in [0.2, 0.25) is 0 Å². The molecule has 0 saturated carbocycles. The number of halogens is 1. The van der Waals surface area contributed by atoms with Gasteiger partial charge in [-0.05, 0) is 23.9 Å². The number of aliphatic imine (C=N–C) groups is 1. The molecule has 0 amide bonds.